The minimum atomic E-state index is -0.515. The zero-order chi connectivity index (χ0) is 24.6. The van der Waals surface area contributed by atoms with Crippen molar-refractivity contribution in [2.45, 2.75) is 90.4 Å². The van der Waals surface area contributed by atoms with Crippen LogP contribution in [0.2, 0.25) is 0 Å². The summed E-state index contributed by atoms with van der Waals surface area (Å²) in [7, 11) is 1.86. The largest absolute Gasteiger partial charge is 0.390 e. The maximum Gasteiger partial charge on any atom is 0.157 e. The highest BCUT2D eigenvalue weighted by Crippen LogP contribution is 2.68. The van der Waals surface area contributed by atoms with Gasteiger partial charge in [0.1, 0.15) is 5.52 Å². The van der Waals surface area contributed by atoms with Crippen LogP contribution in [0.1, 0.15) is 72.1 Å². The van der Waals surface area contributed by atoms with Gasteiger partial charge in [0, 0.05) is 36.2 Å². The van der Waals surface area contributed by atoms with Crippen LogP contribution < -0.4 is 0 Å². The van der Waals surface area contributed by atoms with Crippen LogP contribution in [0.3, 0.4) is 0 Å². The number of Topliss-reactive ketones (excluding diaryl/α,β-unsaturated/α-hetero) is 1. The molecule has 0 amide bonds. The molecule has 35 heavy (non-hydrogen) atoms. The van der Waals surface area contributed by atoms with Gasteiger partial charge in [-0.25, -0.2) is 0 Å². The van der Waals surface area contributed by atoms with Gasteiger partial charge in [-0.2, -0.15) is 5.10 Å². The van der Waals surface area contributed by atoms with Gasteiger partial charge >= 0.3 is 0 Å². The summed E-state index contributed by atoms with van der Waals surface area (Å²) in [6.07, 6.45) is 14.1. The van der Waals surface area contributed by atoms with Crippen molar-refractivity contribution in [3.8, 4) is 0 Å². The van der Waals surface area contributed by atoms with Crippen molar-refractivity contribution in [1.82, 2.24) is 14.8 Å². The third kappa shape index (κ3) is 3.53. The molecular formula is C29H41N3O3. The molecule has 190 valence electrons. The molecule has 1 N–H and O–H groups in total. The molecule has 0 bridgehead atoms. The Kier molecular flexibility index (Phi) is 5.47. The van der Waals surface area contributed by atoms with E-state index in [0.717, 1.165) is 49.4 Å². The standard InChI is InChI=1S/C29H41N3O3/c1-27(34)10-11-28(2)19(14-27)5-6-20-21-7-8-22(29(21,3)26(35-4)13-23(20)28)25(33)17-32-16-18-9-12-30-15-24(18)31-32/h9,12,15-16,19-23,26,34H,5-8,10-11,13-14,17H2,1-4H3/t19-,20-,21-,22+,23-,26+,27+,28-,29-/m0/s1. The predicted octanol–water partition coefficient (Wildman–Crippen LogP) is 5.04. The quantitative estimate of drug-likeness (QED) is 0.665. The van der Waals surface area contributed by atoms with Crippen molar-refractivity contribution in [3.05, 3.63) is 24.7 Å². The number of hydrogen-bond acceptors (Lipinski definition) is 5. The maximum absolute atomic E-state index is 13.8. The van der Waals surface area contributed by atoms with Gasteiger partial charge < -0.3 is 9.84 Å². The monoisotopic (exact) mass is 479 g/mol. The molecule has 0 saturated heterocycles. The maximum atomic E-state index is 13.8. The van der Waals surface area contributed by atoms with E-state index >= 15 is 0 Å². The molecule has 0 spiro atoms. The van der Waals surface area contributed by atoms with E-state index in [9.17, 15) is 9.90 Å². The third-order valence-corrected chi connectivity index (χ3v) is 11.4. The molecule has 4 aliphatic carbocycles. The van der Waals surface area contributed by atoms with E-state index < -0.39 is 5.60 Å². The molecule has 4 saturated carbocycles. The molecular weight excluding hydrogens is 438 g/mol. The number of aromatic nitrogens is 3. The van der Waals surface area contributed by atoms with Gasteiger partial charge in [-0.05, 0) is 93.4 Å². The van der Waals surface area contributed by atoms with Crippen molar-refractivity contribution in [3.63, 3.8) is 0 Å². The number of aliphatic hydroxyl groups is 1. The van der Waals surface area contributed by atoms with Crippen molar-refractivity contribution >= 4 is 16.7 Å². The highest BCUT2D eigenvalue weighted by atomic mass is 16.5. The number of fused-ring (bicyclic) bond motifs is 6. The van der Waals surface area contributed by atoms with Crippen LogP contribution in [0.15, 0.2) is 24.7 Å². The van der Waals surface area contributed by atoms with Gasteiger partial charge in [0.15, 0.2) is 5.78 Å². The topological polar surface area (TPSA) is 77.2 Å². The second-order valence-corrected chi connectivity index (χ2v) is 13.0. The minimum Gasteiger partial charge on any atom is -0.390 e. The number of carbonyl (C=O) groups excluding carboxylic acids is 1. The zero-order valence-corrected chi connectivity index (χ0v) is 21.7. The molecule has 0 aromatic carbocycles. The van der Waals surface area contributed by atoms with E-state index in [-0.39, 0.29) is 22.9 Å². The molecule has 6 rings (SSSR count). The number of ether oxygens (including phenoxy) is 1. The number of methoxy groups -OCH3 is 1. The number of pyridine rings is 1. The smallest absolute Gasteiger partial charge is 0.157 e. The second kappa shape index (κ2) is 8.11. The molecule has 2 heterocycles. The fraction of sp³-hybridized carbons (Fsp3) is 0.759. The van der Waals surface area contributed by atoms with Crippen molar-refractivity contribution < 1.29 is 14.6 Å². The number of rotatable bonds is 4. The first kappa shape index (κ1) is 23.6. The molecule has 0 aliphatic heterocycles. The minimum absolute atomic E-state index is 0.0152. The Balaban J connectivity index is 1.26. The third-order valence-electron chi connectivity index (χ3n) is 11.4. The van der Waals surface area contributed by atoms with E-state index in [1.165, 1.54) is 12.8 Å². The Labute approximate surface area is 208 Å². The van der Waals surface area contributed by atoms with Crippen LogP contribution in [0.25, 0.3) is 10.9 Å². The van der Waals surface area contributed by atoms with Crippen molar-refractivity contribution in [1.29, 1.82) is 0 Å². The molecule has 2 aromatic rings. The van der Waals surface area contributed by atoms with Gasteiger partial charge in [-0.3, -0.25) is 14.5 Å². The first-order valence-corrected chi connectivity index (χ1v) is 13.7. The van der Waals surface area contributed by atoms with E-state index in [1.807, 2.05) is 26.3 Å². The lowest BCUT2D eigenvalue weighted by atomic mass is 9.43. The summed E-state index contributed by atoms with van der Waals surface area (Å²) < 4.78 is 8.07. The second-order valence-electron chi connectivity index (χ2n) is 13.0. The van der Waals surface area contributed by atoms with E-state index in [1.54, 1.807) is 17.1 Å². The fourth-order valence-electron chi connectivity index (χ4n) is 9.51. The normalized spacial score (nSPS) is 45.1. The van der Waals surface area contributed by atoms with Crippen LogP contribution in [0.5, 0.6) is 0 Å². The number of nitrogens with zero attached hydrogens (tertiary/aromatic N) is 3. The average Bonchev–Trinajstić information content (AvgIpc) is 3.39. The van der Waals surface area contributed by atoms with Crippen LogP contribution in [0, 0.1) is 40.4 Å². The highest BCUT2D eigenvalue weighted by Gasteiger charge is 2.65. The first-order valence-electron chi connectivity index (χ1n) is 13.7. The molecule has 9 atom stereocenters. The van der Waals surface area contributed by atoms with Crippen LogP contribution >= 0.6 is 0 Å². The Hall–Kier alpha value is -1.79. The Morgan fingerprint density at radius 2 is 2.00 bits per heavy atom. The van der Waals surface area contributed by atoms with E-state index in [0.29, 0.717) is 36.0 Å². The van der Waals surface area contributed by atoms with Gasteiger partial charge in [-0.1, -0.05) is 13.8 Å². The van der Waals surface area contributed by atoms with Gasteiger partial charge in [0.05, 0.1) is 24.4 Å². The molecule has 6 heteroatoms. The van der Waals surface area contributed by atoms with Gasteiger partial charge in [-0.15, -0.1) is 0 Å². The lowest BCUT2D eigenvalue weighted by Crippen LogP contribution is -2.60. The summed E-state index contributed by atoms with van der Waals surface area (Å²) in [5, 5.41) is 16.4. The molecule has 0 radical (unpaired) electrons. The number of ketones is 1. The molecule has 2 aromatic heterocycles. The summed E-state index contributed by atoms with van der Waals surface area (Å²) in [4.78, 5) is 17.9. The molecule has 6 nitrogen and oxygen atoms in total. The summed E-state index contributed by atoms with van der Waals surface area (Å²) in [6.45, 7) is 7.22. The Morgan fingerprint density at radius 3 is 2.77 bits per heavy atom. The lowest BCUT2D eigenvalue weighted by Gasteiger charge is -2.63. The summed E-state index contributed by atoms with van der Waals surface area (Å²) in [6, 6.07) is 1.94. The molecule has 4 aliphatic rings. The zero-order valence-electron chi connectivity index (χ0n) is 21.7. The van der Waals surface area contributed by atoms with Crippen LogP contribution in [-0.2, 0) is 16.1 Å². The van der Waals surface area contributed by atoms with Crippen LogP contribution in [-0.4, -0.2) is 44.5 Å². The van der Waals surface area contributed by atoms with Gasteiger partial charge in [0.2, 0.25) is 0 Å². The van der Waals surface area contributed by atoms with Crippen molar-refractivity contribution in [2.75, 3.05) is 7.11 Å². The molecule has 4 fully saturated rings. The number of hydrogen-bond donors (Lipinski definition) is 1. The lowest BCUT2D eigenvalue weighted by molar-refractivity contribution is -0.188. The Morgan fingerprint density at radius 1 is 1.17 bits per heavy atom. The fourth-order valence-corrected chi connectivity index (χ4v) is 9.51. The average molecular weight is 480 g/mol. The van der Waals surface area contributed by atoms with E-state index in [2.05, 4.69) is 23.9 Å². The summed E-state index contributed by atoms with van der Waals surface area (Å²) in [5.41, 5.74) is 0.473. The molecule has 0 unspecified atom stereocenters. The number of carbonyl (C=O) groups is 1. The predicted molar refractivity (Wildman–Crippen MR) is 135 cm³/mol. The SMILES string of the molecule is CO[C@@H]1C[C@H]2[C@@H](CC[C@H]3C[C@](C)(O)CC[C@@]32C)[C@@H]2CC[C@H](C(=O)Cn3cc4ccncc4n3)[C@@]12C. The first-order chi connectivity index (χ1) is 16.7. The van der Waals surface area contributed by atoms with E-state index in [4.69, 9.17) is 4.74 Å². The summed E-state index contributed by atoms with van der Waals surface area (Å²) >= 11 is 0. The summed E-state index contributed by atoms with van der Waals surface area (Å²) in [5.74, 6) is 2.72. The highest BCUT2D eigenvalue weighted by molar-refractivity contribution is 5.83. The van der Waals surface area contributed by atoms with Crippen LogP contribution in [0.4, 0.5) is 0 Å². The van der Waals surface area contributed by atoms with Crippen molar-refractivity contribution in [2.24, 2.45) is 40.4 Å². The Bertz CT molecular complexity index is 1090. The van der Waals surface area contributed by atoms with Gasteiger partial charge in [0.25, 0.3) is 0 Å².